The van der Waals surface area contributed by atoms with Gasteiger partial charge in [0.15, 0.2) is 5.03 Å². The van der Waals surface area contributed by atoms with Crippen LogP contribution in [0.3, 0.4) is 0 Å². The van der Waals surface area contributed by atoms with Crippen molar-refractivity contribution >= 4 is 33.2 Å². The van der Waals surface area contributed by atoms with Gasteiger partial charge in [-0.3, -0.25) is 9.59 Å². The minimum absolute atomic E-state index is 0.0527. The summed E-state index contributed by atoms with van der Waals surface area (Å²) in [6.07, 6.45) is 1.15. The molecule has 0 bridgehead atoms. The highest BCUT2D eigenvalue weighted by Crippen LogP contribution is 2.19. The van der Waals surface area contributed by atoms with Crippen LogP contribution < -0.4 is 0 Å². The fourth-order valence-corrected chi connectivity index (χ4v) is 4.63. The summed E-state index contributed by atoms with van der Waals surface area (Å²) in [5, 5.41) is 2.27. The van der Waals surface area contributed by atoms with Crippen LogP contribution in [0, 0.1) is 6.92 Å². The van der Waals surface area contributed by atoms with Crippen LogP contribution >= 0.6 is 11.3 Å². The smallest absolute Gasteiger partial charge is 0.261 e. The lowest BCUT2D eigenvalue weighted by Crippen LogP contribution is -2.52. The number of aromatic nitrogens is 1. The van der Waals surface area contributed by atoms with E-state index in [0.717, 1.165) is 6.08 Å². The molecule has 10 heteroatoms. The second-order valence-electron chi connectivity index (χ2n) is 5.39. The zero-order valence-electron chi connectivity index (χ0n) is 13.6. The Bertz CT molecular complexity index is 736. The van der Waals surface area contributed by atoms with E-state index in [1.54, 1.807) is 11.8 Å². The van der Waals surface area contributed by atoms with Crippen LogP contribution in [-0.4, -0.2) is 79.1 Å². The third-order valence-electron chi connectivity index (χ3n) is 3.72. The summed E-state index contributed by atoms with van der Waals surface area (Å²) in [7, 11) is -2.09. The van der Waals surface area contributed by atoms with Gasteiger partial charge in [-0.1, -0.05) is 6.58 Å². The molecule has 1 aliphatic heterocycles. The lowest BCUT2D eigenvalue weighted by molar-refractivity contribution is -0.138. The average molecular weight is 372 g/mol. The maximum Gasteiger partial charge on any atom is 0.261 e. The Hall–Kier alpha value is -1.78. The fraction of sp³-hybridized carbons (Fsp3) is 0.500. The van der Waals surface area contributed by atoms with Crippen LogP contribution in [0.25, 0.3) is 0 Å². The molecule has 0 unspecified atom stereocenters. The van der Waals surface area contributed by atoms with Crippen LogP contribution in [0.5, 0.6) is 0 Å². The van der Waals surface area contributed by atoms with Crippen molar-refractivity contribution in [2.75, 3.05) is 39.8 Å². The Kier molecular flexibility index (Phi) is 5.73. The monoisotopic (exact) mass is 372 g/mol. The van der Waals surface area contributed by atoms with Crippen molar-refractivity contribution in [3.8, 4) is 0 Å². The van der Waals surface area contributed by atoms with Crippen molar-refractivity contribution in [2.24, 2.45) is 0 Å². The molecule has 24 heavy (non-hydrogen) atoms. The van der Waals surface area contributed by atoms with Crippen LogP contribution in [0.1, 0.15) is 5.01 Å². The Morgan fingerprint density at radius 1 is 1.38 bits per heavy atom. The number of hydrogen-bond donors (Lipinski definition) is 0. The summed E-state index contributed by atoms with van der Waals surface area (Å²) in [5.74, 6) is -0.544. The standard InChI is InChI=1S/C14H20N4O4S2/c1-4-13(19)16(3)9-14(20)17-5-7-18(8-6-17)24(21,22)12-10-23-11(2)15-12/h4,10H,1,5-9H2,2-3H3. The molecule has 2 heterocycles. The highest BCUT2D eigenvalue weighted by atomic mass is 32.2. The maximum atomic E-state index is 12.5. The first-order valence-electron chi connectivity index (χ1n) is 7.33. The third-order valence-corrected chi connectivity index (χ3v) is 6.42. The van der Waals surface area contributed by atoms with Crippen LogP contribution in [0.15, 0.2) is 23.1 Å². The number of sulfonamides is 1. The quantitative estimate of drug-likeness (QED) is 0.675. The van der Waals surface area contributed by atoms with E-state index in [1.165, 1.54) is 33.0 Å². The van der Waals surface area contributed by atoms with Gasteiger partial charge in [0.05, 0.1) is 11.6 Å². The van der Waals surface area contributed by atoms with Gasteiger partial charge in [0.2, 0.25) is 11.8 Å². The van der Waals surface area contributed by atoms with Gasteiger partial charge < -0.3 is 9.80 Å². The number of piperazine rings is 1. The SMILES string of the molecule is C=CC(=O)N(C)CC(=O)N1CCN(S(=O)(=O)c2csc(C)n2)CC1. The number of hydrogen-bond acceptors (Lipinski definition) is 6. The number of carbonyl (C=O) groups excluding carboxylic acids is 2. The first kappa shape index (κ1) is 18.6. The number of amides is 2. The van der Waals surface area contributed by atoms with E-state index in [-0.39, 0.29) is 49.6 Å². The molecule has 1 saturated heterocycles. The maximum absolute atomic E-state index is 12.5. The summed E-state index contributed by atoms with van der Waals surface area (Å²) in [6.45, 7) is 6.08. The molecule has 132 valence electrons. The summed E-state index contributed by atoms with van der Waals surface area (Å²) in [6, 6.07) is 0. The highest BCUT2D eigenvalue weighted by molar-refractivity contribution is 7.89. The number of thiazole rings is 1. The van der Waals surface area contributed by atoms with Crippen molar-refractivity contribution < 1.29 is 18.0 Å². The first-order valence-corrected chi connectivity index (χ1v) is 9.65. The van der Waals surface area contributed by atoms with E-state index in [9.17, 15) is 18.0 Å². The largest absolute Gasteiger partial charge is 0.339 e. The summed E-state index contributed by atoms with van der Waals surface area (Å²) in [4.78, 5) is 30.5. The normalized spacial score (nSPS) is 16.0. The summed E-state index contributed by atoms with van der Waals surface area (Å²) >= 11 is 1.29. The van der Waals surface area contributed by atoms with Crippen molar-refractivity contribution in [1.29, 1.82) is 0 Å². The molecular formula is C14H20N4O4S2. The lowest BCUT2D eigenvalue weighted by Gasteiger charge is -2.34. The van der Waals surface area contributed by atoms with E-state index >= 15 is 0 Å². The van der Waals surface area contributed by atoms with Gasteiger partial charge in [-0.05, 0) is 13.0 Å². The molecule has 8 nitrogen and oxygen atoms in total. The predicted molar refractivity (Wildman–Crippen MR) is 90.0 cm³/mol. The summed E-state index contributed by atoms with van der Waals surface area (Å²) in [5.41, 5.74) is 0. The molecule has 0 N–H and O–H groups in total. The van der Waals surface area contributed by atoms with Crippen LogP contribution in [0.2, 0.25) is 0 Å². The molecule has 1 fully saturated rings. The molecule has 0 saturated carbocycles. The van der Waals surface area contributed by atoms with Gasteiger partial charge in [0, 0.05) is 38.6 Å². The fourth-order valence-electron chi connectivity index (χ4n) is 2.31. The van der Waals surface area contributed by atoms with Crippen molar-refractivity contribution in [3.63, 3.8) is 0 Å². The van der Waals surface area contributed by atoms with E-state index in [0.29, 0.717) is 5.01 Å². The van der Waals surface area contributed by atoms with E-state index in [2.05, 4.69) is 11.6 Å². The number of aryl methyl sites for hydroxylation is 1. The molecule has 0 radical (unpaired) electrons. The molecular weight excluding hydrogens is 352 g/mol. The second kappa shape index (κ2) is 7.41. The molecule has 0 atom stereocenters. The number of rotatable bonds is 5. The van der Waals surface area contributed by atoms with Crippen LogP contribution in [0.4, 0.5) is 0 Å². The van der Waals surface area contributed by atoms with Crippen molar-refractivity contribution in [1.82, 2.24) is 19.1 Å². The number of carbonyl (C=O) groups is 2. The van der Waals surface area contributed by atoms with Gasteiger partial charge in [-0.25, -0.2) is 13.4 Å². The first-order chi connectivity index (χ1) is 11.3. The Labute approximate surface area is 145 Å². The van der Waals surface area contributed by atoms with Gasteiger partial charge in [0.1, 0.15) is 0 Å². The van der Waals surface area contributed by atoms with E-state index in [1.807, 2.05) is 0 Å². The Balaban J connectivity index is 1.95. The second-order valence-corrected chi connectivity index (χ2v) is 8.34. The highest BCUT2D eigenvalue weighted by Gasteiger charge is 2.31. The Morgan fingerprint density at radius 2 is 2.00 bits per heavy atom. The molecule has 1 aromatic rings. The van der Waals surface area contributed by atoms with Crippen molar-refractivity contribution in [3.05, 3.63) is 23.0 Å². The molecule has 1 aromatic heterocycles. The Morgan fingerprint density at radius 3 is 2.50 bits per heavy atom. The number of nitrogens with zero attached hydrogens (tertiary/aromatic N) is 4. The molecule has 0 aliphatic carbocycles. The lowest BCUT2D eigenvalue weighted by atomic mass is 10.3. The zero-order chi connectivity index (χ0) is 17.9. The average Bonchev–Trinajstić information content (AvgIpc) is 3.01. The third kappa shape index (κ3) is 4.00. The molecule has 0 spiro atoms. The topological polar surface area (TPSA) is 90.9 Å². The van der Waals surface area contributed by atoms with Gasteiger partial charge >= 0.3 is 0 Å². The molecule has 2 rings (SSSR count). The summed E-state index contributed by atoms with van der Waals surface area (Å²) < 4.78 is 26.3. The minimum Gasteiger partial charge on any atom is -0.339 e. The van der Waals surface area contributed by atoms with Gasteiger partial charge in [0.25, 0.3) is 10.0 Å². The van der Waals surface area contributed by atoms with E-state index in [4.69, 9.17) is 0 Å². The zero-order valence-corrected chi connectivity index (χ0v) is 15.3. The predicted octanol–water partition coefficient (Wildman–Crippen LogP) is -0.0712. The van der Waals surface area contributed by atoms with Gasteiger partial charge in [-0.15, -0.1) is 11.3 Å². The molecule has 0 aromatic carbocycles. The van der Waals surface area contributed by atoms with E-state index < -0.39 is 10.0 Å². The molecule has 2 amide bonds. The van der Waals surface area contributed by atoms with Gasteiger partial charge in [-0.2, -0.15) is 4.31 Å². The molecule has 1 aliphatic rings. The minimum atomic E-state index is -3.61. The van der Waals surface area contributed by atoms with Crippen LogP contribution in [-0.2, 0) is 19.6 Å². The number of likely N-dealkylation sites (N-methyl/N-ethyl adjacent to an activating group) is 1. The van der Waals surface area contributed by atoms with Crippen molar-refractivity contribution in [2.45, 2.75) is 11.9 Å².